The zero-order valence-electron chi connectivity index (χ0n) is 21.6. The zero-order valence-corrected chi connectivity index (χ0v) is 22.4. The molecule has 0 aromatic carbocycles. The lowest BCUT2D eigenvalue weighted by Crippen LogP contribution is -2.48. The third-order valence-corrected chi connectivity index (χ3v) is 7.84. The fourth-order valence-electron chi connectivity index (χ4n) is 4.63. The summed E-state index contributed by atoms with van der Waals surface area (Å²) in [6, 6.07) is 1.67. The van der Waals surface area contributed by atoms with Crippen LogP contribution in [0.1, 0.15) is 80.8 Å². The highest BCUT2D eigenvalue weighted by Crippen LogP contribution is 2.35. The first kappa shape index (κ1) is 27.2. The highest BCUT2D eigenvalue weighted by atomic mass is 32.1. The SMILES string of the molecule is COC1CCN(C(=O)CN(c2cc(C#CC(C)(C)C)sc2C(=O)O)C(=O)[C@H]2CC[C@H](C)CC2)CC1. The number of aromatic carboxylic acids is 1. The number of hydrogen-bond acceptors (Lipinski definition) is 5. The number of thiophene rings is 1. The molecule has 0 radical (unpaired) electrons. The Kier molecular flexibility index (Phi) is 9.00. The summed E-state index contributed by atoms with van der Waals surface area (Å²) in [5, 5.41) is 9.94. The van der Waals surface area contributed by atoms with Gasteiger partial charge >= 0.3 is 5.97 Å². The number of carbonyl (C=O) groups is 3. The molecule has 2 heterocycles. The van der Waals surface area contributed by atoms with Crippen molar-refractivity contribution in [1.29, 1.82) is 0 Å². The number of methoxy groups -OCH3 is 1. The van der Waals surface area contributed by atoms with E-state index in [9.17, 15) is 19.5 Å². The van der Waals surface area contributed by atoms with Crippen LogP contribution in [-0.2, 0) is 14.3 Å². The van der Waals surface area contributed by atoms with Crippen LogP contribution >= 0.6 is 11.3 Å². The van der Waals surface area contributed by atoms with E-state index in [0.717, 1.165) is 49.9 Å². The highest BCUT2D eigenvalue weighted by Gasteiger charge is 2.34. The molecule has 0 bridgehead atoms. The van der Waals surface area contributed by atoms with Crippen molar-refractivity contribution in [1.82, 2.24) is 4.90 Å². The van der Waals surface area contributed by atoms with Crippen molar-refractivity contribution in [3.63, 3.8) is 0 Å². The molecule has 0 atom stereocenters. The van der Waals surface area contributed by atoms with E-state index in [1.54, 1.807) is 18.1 Å². The number of likely N-dealkylation sites (tertiary alicyclic amines) is 1. The van der Waals surface area contributed by atoms with Gasteiger partial charge in [-0.05, 0) is 71.3 Å². The number of rotatable bonds is 6. The summed E-state index contributed by atoms with van der Waals surface area (Å²) >= 11 is 1.06. The average Bonchev–Trinajstić information content (AvgIpc) is 3.25. The first-order valence-electron chi connectivity index (χ1n) is 12.5. The van der Waals surface area contributed by atoms with Crippen molar-refractivity contribution in [2.75, 3.05) is 31.6 Å². The van der Waals surface area contributed by atoms with E-state index < -0.39 is 5.97 Å². The van der Waals surface area contributed by atoms with Crippen LogP contribution in [0.5, 0.6) is 0 Å². The molecule has 8 heteroatoms. The Morgan fingerprint density at radius 3 is 2.31 bits per heavy atom. The molecule has 192 valence electrons. The molecule has 1 aliphatic carbocycles. The van der Waals surface area contributed by atoms with Gasteiger partial charge in [-0.3, -0.25) is 9.59 Å². The number of hydrogen-bond donors (Lipinski definition) is 1. The van der Waals surface area contributed by atoms with E-state index in [-0.39, 0.29) is 46.4 Å². The Balaban J connectivity index is 1.92. The predicted octanol–water partition coefficient (Wildman–Crippen LogP) is 4.64. The maximum atomic E-state index is 13.7. The lowest BCUT2D eigenvalue weighted by molar-refractivity contribution is -0.134. The van der Waals surface area contributed by atoms with Crippen LogP contribution in [0, 0.1) is 29.1 Å². The number of amides is 2. The largest absolute Gasteiger partial charge is 0.477 e. The summed E-state index contributed by atoms with van der Waals surface area (Å²) in [5.74, 6) is 5.13. The number of piperidine rings is 1. The van der Waals surface area contributed by atoms with Crippen LogP contribution in [-0.4, -0.2) is 60.6 Å². The van der Waals surface area contributed by atoms with Crippen molar-refractivity contribution in [2.24, 2.45) is 17.3 Å². The molecule has 1 saturated carbocycles. The van der Waals surface area contributed by atoms with E-state index in [1.807, 2.05) is 20.8 Å². The van der Waals surface area contributed by atoms with Crippen molar-refractivity contribution >= 4 is 34.8 Å². The maximum absolute atomic E-state index is 13.7. The maximum Gasteiger partial charge on any atom is 0.348 e. The summed E-state index contributed by atoms with van der Waals surface area (Å²) in [6.45, 7) is 9.11. The molecule has 1 aromatic heterocycles. The van der Waals surface area contributed by atoms with Gasteiger partial charge in [0.1, 0.15) is 11.4 Å². The van der Waals surface area contributed by atoms with Crippen molar-refractivity contribution < 1.29 is 24.2 Å². The van der Waals surface area contributed by atoms with Crippen LogP contribution in [0.2, 0.25) is 0 Å². The number of ether oxygens (including phenoxy) is 1. The first-order valence-corrected chi connectivity index (χ1v) is 13.3. The van der Waals surface area contributed by atoms with E-state index in [0.29, 0.717) is 23.9 Å². The van der Waals surface area contributed by atoms with Gasteiger partial charge in [-0.25, -0.2) is 4.79 Å². The highest BCUT2D eigenvalue weighted by molar-refractivity contribution is 7.15. The molecule has 1 N–H and O–H groups in total. The molecule has 1 aromatic rings. The summed E-state index contributed by atoms with van der Waals surface area (Å²) in [7, 11) is 1.68. The quantitative estimate of drug-likeness (QED) is 0.573. The second kappa shape index (κ2) is 11.6. The second-order valence-corrected chi connectivity index (χ2v) is 11.9. The summed E-state index contributed by atoms with van der Waals surface area (Å²) in [5.41, 5.74) is 0.0380. The summed E-state index contributed by atoms with van der Waals surface area (Å²) in [6.07, 6.45) is 5.08. The molecule has 1 saturated heterocycles. The third kappa shape index (κ3) is 7.31. The van der Waals surface area contributed by atoms with E-state index in [2.05, 4.69) is 18.8 Å². The fourth-order valence-corrected chi connectivity index (χ4v) is 5.48. The minimum atomic E-state index is -1.11. The second-order valence-electron chi connectivity index (χ2n) is 10.8. The van der Waals surface area contributed by atoms with Gasteiger partial charge in [0.05, 0.1) is 16.7 Å². The van der Waals surface area contributed by atoms with Gasteiger partial charge in [-0.1, -0.05) is 18.8 Å². The van der Waals surface area contributed by atoms with Crippen LogP contribution in [0.3, 0.4) is 0 Å². The third-order valence-electron chi connectivity index (χ3n) is 6.81. The predicted molar refractivity (Wildman–Crippen MR) is 138 cm³/mol. The van der Waals surface area contributed by atoms with Crippen molar-refractivity contribution in [3.05, 3.63) is 15.8 Å². The van der Waals surface area contributed by atoms with Crippen LogP contribution in [0.4, 0.5) is 5.69 Å². The standard InChI is InChI=1S/C27H38N2O5S/c1-18-6-8-19(9-7-18)25(31)29(17-23(30)28-14-11-20(34-5)12-15-28)22-16-21(10-13-27(2,3)4)35-24(22)26(32)33/h16,18-20H,6-9,11-12,14-15,17H2,1-5H3,(H,32,33)/t18-,19-. The Morgan fingerprint density at radius 1 is 1.14 bits per heavy atom. The molecule has 1 aliphatic heterocycles. The van der Waals surface area contributed by atoms with Crippen LogP contribution in [0.15, 0.2) is 6.07 Å². The Labute approximate surface area is 212 Å². The number of carboxylic acid groups (broad SMARTS) is 1. The molecule has 7 nitrogen and oxygen atoms in total. The van der Waals surface area contributed by atoms with Gasteiger partial charge in [0.2, 0.25) is 11.8 Å². The monoisotopic (exact) mass is 502 g/mol. The molecule has 2 amide bonds. The lowest BCUT2D eigenvalue weighted by Gasteiger charge is -2.34. The zero-order chi connectivity index (χ0) is 25.8. The molecule has 2 aliphatic rings. The van der Waals surface area contributed by atoms with Gasteiger partial charge in [-0.15, -0.1) is 11.3 Å². The van der Waals surface area contributed by atoms with E-state index in [1.165, 1.54) is 4.90 Å². The topological polar surface area (TPSA) is 87.2 Å². The molecule has 35 heavy (non-hydrogen) atoms. The molecular weight excluding hydrogens is 464 g/mol. The smallest absolute Gasteiger partial charge is 0.348 e. The normalized spacial score (nSPS) is 21.2. The summed E-state index contributed by atoms with van der Waals surface area (Å²) < 4.78 is 5.41. The van der Waals surface area contributed by atoms with E-state index in [4.69, 9.17) is 4.74 Å². The fraction of sp³-hybridized carbons (Fsp3) is 0.667. The Bertz CT molecular complexity index is 983. The van der Waals surface area contributed by atoms with E-state index >= 15 is 0 Å². The number of nitrogens with zero attached hydrogens (tertiary/aromatic N) is 2. The molecule has 2 fully saturated rings. The minimum Gasteiger partial charge on any atom is -0.477 e. The Morgan fingerprint density at radius 2 is 1.77 bits per heavy atom. The van der Waals surface area contributed by atoms with Gasteiger partial charge in [0.25, 0.3) is 0 Å². The number of carbonyl (C=O) groups excluding carboxylic acids is 2. The summed E-state index contributed by atoms with van der Waals surface area (Å²) in [4.78, 5) is 43.0. The first-order chi connectivity index (χ1) is 16.5. The van der Waals surface area contributed by atoms with Crippen LogP contribution in [0.25, 0.3) is 0 Å². The number of carboxylic acids is 1. The lowest BCUT2D eigenvalue weighted by atomic mass is 9.82. The van der Waals surface area contributed by atoms with Gasteiger partial charge < -0.3 is 19.6 Å². The van der Waals surface area contributed by atoms with Gasteiger partial charge in [0.15, 0.2) is 0 Å². The molecule has 3 rings (SSSR count). The van der Waals surface area contributed by atoms with Crippen LogP contribution < -0.4 is 4.90 Å². The van der Waals surface area contributed by atoms with Gasteiger partial charge in [0, 0.05) is 31.5 Å². The molecular formula is C27H38N2O5S. The number of anilines is 1. The minimum absolute atomic E-state index is 0.0478. The van der Waals surface area contributed by atoms with Crippen molar-refractivity contribution in [2.45, 2.75) is 72.3 Å². The molecule has 0 spiro atoms. The van der Waals surface area contributed by atoms with Crippen molar-refractivity contribution in [3.8, 4) is 11.8 Å². The van der Waals surface area contributed by atoms with Gasteiger partial charge in [-0.2, -0.15) is 0 Å². The Hall–Kier alpha value is -2.37. The average molecular weight is 503 g/mol. The molecule has 0 unspecified atom stereocenters.